The van der Waals surface area contributed by atoms with E-state index in [-0.39, 0.29) is 12.5 Å². The van der Waals surface area contributed by atoms with Gasteiger partial charge in [0.05, 0.1) is 7.11 Å². The molecule has 15 heavy (non-hydrogen) atoms. The minimum absolute atomic E-state index is 0.183. The van der Waals surface area contributed by atoms with Gasteiger partial charge in [-0.25, -0.2) is 0 Å². The molecule has 0 fully saturated rings. The van der Waals surface area contributed by atoms with E-state index in [4.69, 9.17) is 0 Å². The lowest BCUT2D eigenvalue weighted by atomic mass is 10.2. The summed E-state index contributed by atoms with van der Waals surface area (Å²) in [5, 5.41) is 4.13. The van der Waals surface area contributed by atoms with E-state index in [0.29, 0.717) is 0 Å². The van der Waals surface area contributed by atoms with Crippen molar-refractivity contribution < 1.29 is 9.53 Å². The molecule has 0 radical (unpaired) electrons. The van der Waals surface area contributed by atoms with Gasteiger partial charge < -0.3 is 15.0 Å². The van der Waals surface area contributed by atoms with Gasteiger partial charge in [-0.3, -0.25) is 4.79 Å². The number of anilines is 1. The van der Waals surface area contributed by atoms with Crippen LogP contribution < -0.4 is 5.32 Å². The topological polar surface area (TPSA) is 54.1 Å². The highest BCUT2D eigenvalue weighted by Gasteiger charge is 2.00. The fraction of sp³-hybridized carbons (Fsp3) is 0.182. The molecule has 2 rings (SSSR count). The molecule has 0 unspecified atom stereocenters. The fourth-order valence-corrected chi connectivity index (χ4v) is 1.40. The van der Waals surface area contributed by atoms with Crippen molar-refractivity contribution in [3.8, 4) is 0 Å². The van der Waals surface area contributed by atoms with Crippen molar-refractivity contribution in [2.45, 2.75) is 0 Å². The predicted octanol–water partition coefficient (Wildman–Crippen LogP) is 1.75. The van der Waals surface area contributed by atoms with Crippen LogP contribution in [0.15, 0.2) is 30.5 Å². The standard InChI is InChI=1S/C11H12N2O2/c1-15-11(14)7-13-9-3-2-8-4-5-12-10(8)6-9/h2-6,12-13H,7H2,1H3. The van der Waals surface area contributed by atoms with E-state index in [2.05, 4.69) is 15.0 Å². The highest BCUT2D eigenvalue weighted by molar-refractivity contribution is 5.83. The molecule has 0 saturated carbocycles. The zero-order valence-electron chi connectivity index (χ0n) is 8.41. The van der Waals surface area contributed by atoms with Crippen LogP contribution in [0.4, 0.5) is 5.69 Å². The van der Waals surface area contributed by atoms with E-state index in [1.807, 2.05) is 30.5 Å². The van der Waals surface area contributed by atoms with E-state index in [1.165, 1.54) is 7.11 Å². The molecule has 4 heteroatoms. The van der Waals surface area contributed by atoms with E-state index in [9.17, 15) is 4.79 Å². The predicted molar refractivity (Wildman–Crippen MR) is 58.8 cm³/mol. The maximum atomic E-state index is 10.9. The second-order valence-electron chi connectivity index (χ2n) is 3.21. The van der Waals surface area contributed by atoms with Crippen LogP contribution in [0.3, 0.4) is 0 Å². The molecule has 1 aromatic heterocycles. The Bertz CT molecular complexity index is 476. The summed E-state index contributed by atoms with van der Waals surface area (Å²) >= 11 is 0. The molecule has 4 nitrogen and oxygen atoms in total. The van der Waals surface area contributed by atoms with Crippen molar-refractivity contribution in [3.05, 3.63) is 30.5 Å². The third kappa shape index (κ3) is 2.10. The Labute approximate surface area is 87.2 Å². The van der Waals surface area contributed by atoms with Crippen LogP contribution >= 0.6 is 0 Å². The number of hydrogen-bond acceptors (Lipinski definition) is 3. The molecule has 0 aliphatic carbocycles. The van der Waals surface area contributed by atoms with Gasteiger partial charge in [0.15, 0.2) is 0 Å². The smallest absolute Gasteiger partial charge is 0.325 e. The molecule has 0 atom stereocenters. The van der Waals surface area contributed by atoms with Crippen LogP contribution in [0.1, 0.15) is 0 Å². The van der Waals surface area contributed by atoms with E-state index < -0.39 is 0 Å². The molecule has 0 aliphatic rings. The highest BCUT2D eigenvalue weighted by atomic mass is 16.5. The maximum Gasteiger partial charge on any atom is 0.325 e. The minimum Gasteiger partial charge on any atom is -0.468 e. The average Bonchev–Trinajstić information content (AvgIpc) is 2.72. The van der Waals surface area contributed by atoms with Crippen LogP contribution in [0, 0.1) is 0 Å². The number of H-pyrrole nitrogens is 1. The zero-order valence-corrected chi connectivity index (χ0v) is 8.41. The van der Waals surface area contributed by atoms with Gasteiger partial charge in [0, 0.05) is 17.4 Å². The second kappa shape index (κ2) is 4.04. The fourth-order valence-electron chi connectivity index (χ4n) is 1.40. The summed E-state index contributed by atoms with van der Waals surface area (Å²) in [5.74, 6) is -0.276. The summed E-state index contributed by atoms with van der Waals surface area (Å²) in [6.07, 6.45) is 1.88. The van der Waals surface area contributed by atoms with Crippen LogP contribution in [-0.2, 0) is 9.53 Å². The van der Waals surface area contributed by atoms with Gasteiger partial charge in [-0.15, -0.1) is 0 Å². The summed E-state index contributed by atoms with van der Waals surface area (Å²) in [6, 6.07) is 7.88. The van der Waals surface area contributed by atoms with Gasteiger partial charge >= 0.3 is 5.97 Å². The van der Waals surface area contributed by atoms with Crippen molar-refractivity contribution in [1.29, 1.82) is 0 Å². The lowest BCUT2D eigenvalue weighted by molar-refractivity contribution is -0.138. The van der Waals surface area contributed by atoms with Crippen LogP contribution in [-0.4, -0.2) is 24.6 Å². The lowest BCUT2D eigenvalue weighted by Gasteiger charge is -2.04. The van der Waals surface area contributed by atoms with Gasteiger partial charge in [0.2, 0.25) is 0 Å². The van der Waals surface area contributed by atoms with Gasteiger partial charge in [0.1, 0.15) is 6.54 Å². The third-order valence-electron chi connectivity index (χ3n) is 2.22. The largest absolute Gasteiger partial charge is 0.468 e. The summed E-state index contributed by atoms with van der Waals surface area (Å²) in [4.78, 5) is 14.0. The molecule has 2 N–H and O–H groups in total. The molecular formula is C11H12N2O2. The highest BCUT2D eigenvalue weighted by Crippen LogP contribution is 2.17. The van der Waals surface area contributed by atoms with Crippen molar-refractivity contribution in [1.82, 2.24) is 4.98 Å². The monoisotopic (exact) mass is 204 g/mol. The summed E-state index contributed by atoms with van der Waals surface area (Å²) in [5.41, 5.74) is 1.94. The van der Waals surface area contributed by atoms with Crippen LogP contribution in [0.2, 0.25) is 0 Å². The number of carbonyl (C=O) groups excluding carboxylic acids is 1. The van der Waals surface area contributed by atoms with Crippen LogP contribution in [0.5, 0.6) is 0 Å². The maximum absolute atomic E-state index is 10.9. The van der Waals surface area contributed by atoms with Crippen molar-refractivity contribution in [3.63, 3.8) is 0 Å². The average molecular weight is 204 g/mol. The van der Waals surface area contributed by atoms with Gasteiger partial charge in [-0.05, 0) is 23.6 Å². The first-order valence-electron chi connectivity index (χ1n) is 4.67. The molecule has 0 saturated heterocycles. The van der Waals surface area contributed by atoms with Crippen molar-refractivity contribution >= 4 is 22.6 Å². The van der Waals surface area contributed by atoms with Crippen molar-refractivity contribution in [2.75, 3.05) is 19.0 Å². The molecular weight excluding hydrogens is 192 g/mol. The van der Waals surface area contributed by atoms with Gasteiger partial charge in [-0.1, -0.05) is 6.07 Å². The second-order valence-corrected chi connectivity index (χ2v) is 3.21. The molecule has 0 amide bonds. The summed E-state index contributed by atoms with van der Waals surface area (Å²) in [6.45, 7) is 0.183. The first kappa shape index (κ1) is 9.58. The van der Waals surface area contributed by atoms with E-state index in [0.717, 1.165) is 16.6 Å². The molecule has 0 bridgehead atoms. The summed E-state index contributed by atoms with van der Waals surface area (Å²) < 4.78 is 4.54. The molecule has 1 heterocycles. The third-order valence-corrected chi connectivity index (χ3v) is 2.22. The van der Waals surface area contributed by atoms with Gasteiger partial charge in [0.25, 0.3) is 0 Å². The zero-order chi connectivity index (χ0) is 10.7. The number of esters is 1. The first-order valence-corrected chi connectivity index (χ1v) is 4.67. The number of nitrogens with one attached hydrogen (secondary N) is 2. The number of fused-ring (bicyclic) bond motifs is 1. The Morgan fingerprint density at radius 3 is 3.13 bits per heavy atom. The molecule has 2 aromatic rings. The number of hydrogen-bond donors (Lipinski definition) is 2. The van der Waals surface area contributed by atoms with Crippen molar-refractivity contribution in [2.24, 2.45) is 0 Å². The Balaban J connectivity index is 2.11. The lowest BCUT2D eigenvalue weighted by Crippen LogP contribution is -2.14. The number of carbonyl (C=O) groups is 1. The minimum atomic E-state index is -0.276. The quantitative estimate of drug-likeness (QED) is 0.749. The molecule has 1 aromatic carbocycles. The first-order chi connectivity index (χ1) is 7.29. The molecule has 78 valence electrons. The number of rotatable bonds is 3. The normalized spacial score (nSPS) is 10.2. The number of methoxy groups -OCH3 is 1. The Kier molecular flexibility index (Phi) is 2.58. The summed E-state index contributed by atoms with van der Waals surface area (Å²) in [7, 11) is 1.37. The number of benzene rings is 1. The Morgan fingerprint density at radius 1 is 1.47 bits per heavy atom. The SMILES string of the molecule is COC(=O)CNc1ccc2cc[nH]c2c1. The molecule has 0 spiro atoms. The van der Waals surface area contributed by atoms with Gasteiger partial charge in [-0.2, -0.15) is 0 Å². The van der Waals surface area contributed by atoms with E-state index >= 15 is 0 Å². The number of ether oxygens (including phenoxy) is 1. The number of aromatic amines is 1. The Hall–Kier alpha value is -1.97. The number of aromatic nitrogens is 1. The Morgan fingerprint density at radius 2 is 2.33 bits per heavy atom. The van der Waals surface area contributed by atoms with E-state index in [1.54, 1.807) is 0 Å². The van der Waals surface area contributed by atoms with Crippen LogP contribution in [0.25, 0.3) is 10.9 Å². The molecule has 0 aliphatic heterocycles.